The van der Waals surface area contributed by atoms with Crippen LogP contribution in [0.3, 0.4) is 0 Å². The molecular weight excluding hydrogens is 404 g/mol. The smallest absolute Gasteiger partial charge is 0.278 e. The highest BCUT2D eigenvalue weighted by Crippen LogP contribution is 2.27. The third-order valence-electron chi connectivity index (χ3n) is 4.79. The minimum atomic E-state index is -0.217. The first-order valence-corrected chi connectivity index (χ1v) is 10.6. The number of aryl methyl sites for hydroxylation is 1. The van der Waals surface area contributed by atoms with Crippen molar-refractivity contribution in [3.05, 3.63) is 40.3 Å². The van der Waals surface area contributed by atoms with Gasteiger partial charge in [-0.25, -0.2) is 4.98 Å². The van der Waals surface area contributed by atoms with Gasteiger partial charge in [0.1, 0.15) is 17.0 Å². The van der Waals surface area contributed by atoms with Crippen LogP contribution in [-0.4, -0.2) is 40.4 Å². The maximum atomic E-state index is 13.0. The largest absolute Gasteiger partial charge is 0.497 e. The van der Waals surface area contributed by atoms with Gasteiger partial charge in [0.2, 0.25) is 5.91 Å². The number of ether oxygens (including phenoxy) is 2. The fourth-order valence-corrected chi connectivity index (χ4v) is 3.97. The lowest BCUT2D eigenvalue weighted by Gasteiger charge is -2.17. The van der Waals surface area contributed by atoms with Crippen LogP contribution < -0.4 is 20.3 Å². The molecule has 160 valence electrons. The molecule has 1 aromatic carbocycles. The summed E-state index contributed by atoms with van der Waals surface area (Å²) in [5.41, 5.74) is 2.42. The van der Waals surface area contributed by atoms with Gasteiger partial charge in [-0.1, -0.05) is 18.7 Å². The van der Waals surface area contributed by atoms with Crippen LogP contribution in [-0.2, 0) is 4.79 Å². The topological polar surface area (TPSA) is 98.2 Å². The molecule has 2 aromatic heterocycles. The van der Waals surface area contributed by atoms with Crippen molar-refractivity contribution in [2.45, 2.75) is 38.4 Å². The number of nitrogens with zero attached hydrogens (tertiary/aromatic N) is 2. The van der Waals surface area contributed by atoms with E-state index in [1.165, 1.54) is 11.8 Å². The highest BCUT2D eigenvalue weighted by molar-refractivity contribution is 7.99. The molecule has 3 aromatic rings. The second-order valence-corrected chi connectivity index (χ2v) is 7.92. The van der Waals surface area contributed by atoms with Crippen molar-refractivity contribution < 1.29 is 14.3 Å². The van der Waals surface area contributed by atoms with Crippen molar-refractivity contribution in [3.63, 3.8) is 0 Å². The highest BCUT2D eigenvalue weighted by Gasteiger charge is 2.18. The molecule has 8 nitrogen and oxygen atoms in total. The summed E-state index contributed by atoms with van der Waals surface area (Å²) in [6.07, 6.45) is 0.774. The van der Waals surface area contributed by atoms with Crippen LogP contribution >= 0.6 is 11.8 Å². The number of aromatic amines is 1. The summed E-state index contributed by atoms with van der Waals surface area (Å²) in [6, 6.07) is 6.96. The van der Waals surface area contributed by atoms with Crippen LogP contribution in [0.25, 0.3) is 11.0 Å². The maximum Gasteiger partial charge on any atom is 0.278 e. The van der Waals surface area contributed by atoms with Gasteiger partial charge in [0.25, 0.3) is 5.56 Å². The number of hydrogen-bond acceptors (Lipinski definition) is 6. The lowest BCUT2D eigenvalue weighted by molar-refractivity contribution is -0.113. The number of benzene rings is 1. The molecular formula is C21H26N4O4S. The molecule has 0 radical (unpaired) electrons. The van der Waals surface area contributed by atoms with E-state index in [1.807, 2.05) is 26.8 Å². The maximum absolute atomic E-state index is 13.0. The molecule has 0 aliphatic heterocycles. The minimum absolute atomic E-state index is 0.0359. The van der Waals surface area contributed by atoms with E-state index in [0.29, 0.717) is 33.4 Å². The van der Waals surface area contributed by atoms with Crippen LogP contribution in [0.2, 0.25) is 0 Å². The zero-order valence-electron chi connectivity index (χ0n) is 17.7. The summed E-state index contributed by atoms with van der Waals surface area (Å²) >= 11 is 1.24. The molecule has 2 N–H and O–H groups in total. The molecule has 0 bridgehead atoms. The quantitative estimate of drug-likeness (QED) is 0.417. The molecule has 1 atom stereocenters. The summed E-state index contributed by atoms with van der Waals surface area (Å²) in [5.74, 6) is 1.05. The summed E-state index contributed by atoms with van der Waals surface area (Å²) in [5, 5.41) is 3.37. The SMILES string of the molecule is CCC(C)n1c(SCC(=O)Nc2cc(OC)cc(OC)c2)nc2cc(C)[nH]c2c1=O. The summed E-state index contributed by atoms with van der Waals surface area (Å²) < 4.78 is 12.1. The summed E-state index contributed by atoms with van der Waals surface area (Å²) in [7, 11) is 3.10. The van der Waals surface area contributed by atoms with Gasteiger partial charge in [-0.15, -0.1) is 0 Å². The average Bonchev–Trinajstić information content (AvgIpc) is 3.12. The Kier molecular flexibility index (Phi) is 6.71. The first-order valence-electron chi connectivity index (χ1n) is 9.63. The Balaban J connectivity index is 1.83. The fraction of sp³-hybridized carbons (Fsp3) is 0.381. The number of carbonyl (C=O) groups excluding carboxylic acids is 1. The molecule has 0 aliphatic rings. The van der Waals surface area contributed by atoms with Gasteiger partial charge in [0, 0.05) is 35.6 Å². The van der Waals surface area contributed by atoms with Crippen molar-refractivity contribution in [2.75, 3.05) is 25.3 Å². The van der Waals surface area contributed by atoms with E-state index in [2.05, 4.69) is 15.3 Å². The summed E-state index contributed by atoms with van der Waals surface area (Å²) in [4.78, 5) is 33.3. The first-order chi connectivity index (χ1) is 14.4. The monoisotopic (exact) mass is 430 g/mol. The van der Waals surface area contributed by atoms with E-state index >= 15 is 0 Å². The Labute approximate surface area is 179 Å². The lowest BCUT2D eigenvalue weighted by Crippen LogP contribution is -2.26. The third kappa shape index (κ3) is 4.62. The van der Waals surface area contributed by atoms with Gasteiger partial charge in [-0.05, 0) is 26.3 Å². The van der Waals surface area contributed by atoms with Gasteiger partial charge in [-0.2, -0.15) is 0 Å². The molecule has 1 amide bonds. The number of anilines is 1. The predicted molar refractivity (Wildman–Crippen MR) is 119 cm³/mol. The van der Waals surface area contributed by atoms with Gasteiger partial charge in [0.15, 0.2) is 5.16 Å². The van der Waals surface area contributed by atoms with E-state index in [4.69, 9.17) is 9.47 Å². The van der Waals surface area contributed by atoms with Crippen molar-refractivity contribution in [3.8, 4) is 11.5 Å². The van der Waals surface area contributed by atoms with Crippen molar-refractivity contribution in [1.82, 2.24) is 14.5 Å². The molecule has 0 saturated heterocycles. The molecule has 9 heteroatoms. The van der Waals surface area contributed by atoms with Gasteiger partial charge in [0.05, 0.1) is 25.5 Å². The lowest BCUT2D eigenvalue weighted by atomic mass is 10.2. The molecule has 0 aliphatic carbocycles. The number of amides is 1. The van der Waals surface area contributed by atoms with Crippen LogP contribution in [0.5, 0.6) is 11.5 Å². The zero-order valence-corrected chi connectivity index (χ0v) is 18.6. The highest BCUT2D eigenvalue weighted by atomic mass is 32.2. The normalized spacial score (nSPS) is 12.0. The molecule has 2 heterocycles. The van der Waals surface area contributed by atoms with E-state index in [1.54, 1.807) is 37.0 Å². The Morgan fingerprint density at radius 1 is 1.23 bits per heavy atom. The van der Waals surface area contributed by atoms with Crippen molar-refractivity contribution in [1.29, 1.82) is 0 Å². The van der Waals surface area contributed by atoms with Crippen molar-refractivity contribution in [2.24, 2.45) is 0 Å². The average molecular weight is 431 g/mol. The number of carbonyl (C=O) groups is 1. The van der Waals surface area contributed by atoms with E-state index < -0.39 is 0 Å². The Morgan fingerprint density at radius 2 is 1.90 bits per heavy atom. The Morgan fingerprint density at radius 3 is 2.50 bits per heavy atom. The van der Waals surface area contributed by atoms with Gasteiger partial charge < -0.3 is 19.8 Å². The number of H-pyrrole nitrogens is 1. The molecule has 0 fully saturated rings. The van der Waals surface area contributed by atoms with Crippen LogP contribution in [0.1, 0.15) is 32.0 Å². The summed E-state index contributed by atoms with van der Waals surface area (Å²) in [6.45, 7) is 5.87. The Hall–Kier alpha value is -2.94. The van der Waals surface area contributed by atoms with Crippen molar-refractivity contribution >= 4 is 34.4 Å². The molecule has 0 saturated carbocycles. The number of methoxy groups -OCH3 is 2. The first kappa shape index (κ1) is 21.8. The number of rotatable bonds is 8. The standard InChI is InChI=1S/C21H26N4O4S/c1-6-13(3)25-20(27)19-17(7-12(2)22-19)24-21(25)30-11-18(26)23-14-8-15(28-4)10-16(9-14)29-5/h7-10,13,22H,6,11H2,1-5H3,(H,23,26). The second-order valence-electron chi connectivity index (χ2n) is 6.98. The van der Waals surface area contributed by atoms with E-state index in [0.717, 1.165) is 12.1 Å². The second kappa shape index (κ2) is 9.25. The van der Waals surface area contributed by atoms with E-state index in [-0.39, 0.29) is 23.3 Å². The zero-order chi connectivity index (χ0) is 21.8. The van der Waals surface area contributed by atoms with Crippen LogP contribution in [0.4, 0.5) is 5.69 Å². The molecule has 30 heavy (non-hydrogen) atoms. The predicted octanol–water partition coefficient (Wildman–Crippen LogP) is 3.75. The number of hydrogen-bond donors (Lipinski definition) is 2. The fourth-order valence-electron chi connectivity index (χ4n) is 3.07. The molecule has 3 rings (SSSR count). The van der Waals surface area contributed by atoms with Crippen LogP contribution in [0, 0.1) is 6.92 Å². The Bertz CT molecular complexity index is 1100. The number of fused-ring (bicyclic) bond motifs is 1. The molecule has 0 spiro atoms. The van der Waals surface area contributed by atoms with E-state index in [9.17, 15) is 9.59 Å². The van der Waals surface area contributed by atoms with Gasteiger partial charge in [-0.3, -0.25) is 14.2 Å². The molecule has 1 unspecified atom stereocenters. The van der Waals surface area contributed by atoms with Gasteiger partial charge >= 0.3 is 0 Å². The minimum Gasteiger partial charge on any atom is -0.497 e. The van der Waals surface area contributed by atoms with Crippen LogP contribution in [0.15, 0.2) is 34.2 Å². The number of nitrogens with one attached hydrogen (secondary N) is 2. The number of thioether (sulfide) groups is 1. The number of aromatic nitrogens is 3. The third-order valence-corrected chi connectivity index (χ3v) is 5.74.